The molecule has 1 aromatic rings. The predicted octanol–water partition coefficient (Wildman–Crippen LogP) is 2.27. The minimum absolute atomic E-state index is 0.103. The highest BCUT2D eigenvalue weighted by Crippen LogP contribution is 2.18. The quantitative estimate of drug-likeness (QED) is 0.767. The summed E-state index contributed by atoms with van der Waals surface area (Å²) in [5, 5.41) is 7.41. The number of likely N-dealkylation sites (tertiary alicyclic amines) is 1. The molecule has 2 aliphatic heterocycles. The fourth-order valence-electron chi connectivity index (χ4n) is 4.05. The molecule has 1 aromatic heterocycles. The van der Waals surface area contributed by atoms with Crippen molar-refractivity contribution in [2.75, 3.05) is 52.4 Å². The van der Waals surface area contributed by atoms with Gasteiger partial charge in [0.05, 0.1) is 6.54 Å². The number of hydrogen-bond donors (Lipinski definition) is 1. The maximum atomic E-state index is 12.8. The summed E-state index contributed by atoms with van der Waals surface area (Å²) in [6.07, 6.45) is 2.22. The van der Waals surface area contributed by atoms with Gasteiger partial charge in [0.15, 0.2) is 0 Å². The Balaban J connectivity index is 1.38. The average molecular weight is 421 g/mol. The van der Waals surface area contributed by atoms with Gasteiger partial charge in [-0.2, -0.15) is 11.3 Å². The van der Waals surface area contributed by atoms with E-state index in [0.29, 0.717) is 19.0 Å². The third kappa shape index (κ3) is 6.79. The van der Waals surface area contributed by atoms with Crippen LogP contribution in [0.3, 0.4) is 0 Å². The highest BCUT2D eigenvalue weighted by atomic mass is 32.1. The highest BCUT2D eigenvalue weighted by Gasteiger charge is 2.27. The van der Waals surface area contributed by atoms with E-state index in [1.165, 1.54) is 5.56 Å². The zero-order valence-corrected chi connectivity index (χ0v) is 19.0. The molecule has 7 heteroatoms. The topological polar surface area (TPSA) is 55.9 Å². The molecular weight excluding hydrogens is 384 g/mol. The van der Waals surface area contributed by atoms with E-state index in [0.717, 1.165) is 58.7 Å². The molecule has 2 aliphatic rings. The number of amides is 2. The van der Waals surface area contributed by atoms with Crippen molar-refractivity contribution in [3.63, 3.8) is 0 Å². The largest absolute Gasteiger partial charge is 0.355 e. The lowest BCUT2D eigenvalue weighted by Gasteiger charge is -2.37. The standard InChI is InChI=1S/C22H36N4O2S/c1-22(2,3)21(28)23-13-18-5-4-7-25(14-18)16-20(27)26-10-8-24(9-11-26)15-19-6-12-29-17-19/h6,12,17-18H,4-5,7-11,13-16H2,1-3H3,(H,23,28). The first-order valence-electron chi connectivity index (χ1n) is 10.8. The van der Waals surface area contributed by atoms with Crippen molar-refractivity contribution >= 4 is 23.2 Å². The lowest BCUT2D eigenvalue weighted by molar-refractivity contribution is -0.135. The fourth-order valence-corrected chi connectivity index (χ4v) is 4.71. The number of piperazine rings is 1. The highest BCUT2D eigenvalue weighted by molar-refractivity contribution is 7.07. The molecule has 2 saturated heterocycles. The lowest BCUT2D eigenvalue weighted by Crippen LogP contribution is -2.52. The zero-order chi connectivity index (χ0) is 20.9. The third-order valence-corrected chi connectivity index (χ3v) is 6.64. The van der Waals surface area contributed by atoms with Gasteiger partial charge in [-0.15, -0.1) is 0 Å². The van der Waals surface area contributed by atoms with Crippen LogP contribution in [0.15, 0.2) is 16.8 Å². The molecule has 0 aromatic carbocycles. The third-order valence-electron chi connectivity index (χ3n) is 5.91. The molecule has 6 nitrogen and oxygen atoms in total. The first kappa shape index (κ1) is 22.2. The fraction of sp³-hybridized carbons (Fsp3) is 0.727. The first-order chi connectivity index (χ1) is 13.8. The van der Waals surface area contributed by atoms with Gasteiger partial charge in [-0.05, 0) is 47.7 Å². The Bertz CT molecular complexity index is 663. The number of nitrogens with zero attached hydrogens (tertiary/aromatic N) is 3. The van der Waals surface area contributed by atoms with Crippen LogP contribution < -0.4 is 5.32 Å². The maximum Gasteiger partial charge on any atom is 0.236 e. The molecule has 0 saturated carbocycles. The Labute approximate surface area is 179 Å². The van der Waals surface area contributed by atoms with E-state index in [4.69, 9.17) is 0 Å². The van der Waals surface area contributed by atoms with Gasteiger partial charge in [0.2, 0.25) is 11.8 Å². The monoisotopic (exact) mass is 420 g/mol. The van der Waals surface area contributed by atoms with Crippen LogP contribution in [0.2, 0.25) is 0 Å². The van der Waals surface area contributed by atoms with Gasteiger partial charge in [0, 0.05) is 51.2 Å². The molecule has 0 bridgehead atoms. The van der Waals surface area contributed by atoms with Gasteiger partial charge in [0.1, 0.15) is 0 Å². The summed E-state index contributed by atoms with van der Waals surface area (Å²) in [7, 11) is 0. The molecule has 0 radical (unpaired) electrons. The van der Waals surface area contributed by atoms with Crippen LogP contribution >= 0.6 is 11.3 Å². The summed E-state index contributed by atoms with van der Waals surface area (Å²) in [6.45, 7) is 13.4. The van der Waals surface area contributed by atoms with Gasteiger partial charge < -0.3 is 10.2 Å². The normalized spacial score (nSPS) is 21.9. The molecule has 29 heavy (non-hydrogen) atoms. The summed E-state index contributed by atoms with van der Waals surface area (Å²) < 4.78 is 0. The first-order valence-corrected chi connectivity index (χ1v) is 11.8. The van der Waals surface area contributed by atoms with Crippen molar-refractivity contribution in [3.05, 3.63) is 22.4 Å². The van der Waals surface area contributed by atoms with Crippen molar-refractivity contribution in [1.29, 1.82) is 0 Å². The summed E-state index contributed by atoms with van der Waals surface area (Å²) >= 11 is 1.74. The van der Waals surface area contributed by atoms with E-state index >= 15 is 0 Å². The van der Waals surface area contributed by atoms with Gasteiger partial charge in [-0.25, -0.2) is 0 Å². The molecule has 1 N–H and O–H groups in total. The lowest BCUT2D eigenvalue weighted by atomic mass is 9.94. The number of piperidine rings is 1. The number of rotatable bonds is 6. The maximum absolute atomic E-state index is 12.8. The molecule has 3 rings (SSSR count). The Morgan fingerprint density at radius 3 is 2.55 bits per heavy atom. The van der Waals surface area contributed by atoms with Gasteiger partial charge >= 0.3 is 0 Å². The van der Waals surface area contributed by atoms with E-state index in [1.807, 2.05) is 25.7 Å². The number of carbonyl (C=O) groups is 2. The molecule has 162 valence electrons. The van der Waals surface area contributed by atoms with Crippen LogP contribution in [0, 0.1) is 11.3 Å². The molecule has 2 amide bonds. The van der Waals surface area contributed by atoms with Crippen molar-refractivity contribution in [3.8, 4) is 0 Å². The van der Waals surface area contributed by atoms with Crippen LogP contribution in [-0.2, 0) is 16.1 Å². The van der Waals surface area contributed by atoms with Gasteiger partial charge in [-0.3, -0.25) is 19.4 Å². The average Bonchev–Trinajstić information content (AvgIpc) is 3.19. The minimum atomic E-state index is -0.351. The second-order valence-corrected chi connectivity index (χ2v) is 10.3. The predicted molar refractivity (Wildman–Crippen MR) is 118 cm³/mol. The summed E-state index contributed by atoms with van der Waals surface area (Å²) in [5.74, 6) is 0.788. The van der Waals surface area contributed by atoms with E-state index in [2.05, 4.69) is 31.9 Å². The second kappa shape index (κ2) is 10.0. The van der Waals surface area contributed by atoms with E-state index in [-0.39, 0.29) is 17.2 Å². The number of hydrogen-bond acceptors (Lipinski definition) is 5. The Kier molecular flexibility index (Phi) is 7.71. The van der Waals surface area contributed by atoms with Crippen LogP contribution in [0.5, 0.6) is 0 Å². The van der Waals surface area contributed by atoms with Crippen molar-refractivity contribution in [1.82, 2.24) is 20.0 Å². The van der Waals surface area contributed by atoms with E-state index in [1.54, 1.807) is 11.3 Å². The number of thiophene rings is 1. The van der Waals surface area contributed by atoms with Crippen LogP contribution in [0.1, 0.15) is 39.2 Å². The van der Waals surface area contributed by atoms with Crippen molar-refractivity contribution in [2.24, 2.45) is 11.3 Å². The Morgan fingerprint density at radius 1 is 1.14 bits per heavy atom. The molecule has 0 spiro atoms. The summed E-state index contributed by atoms with van der Waals surface area (Å²) in [4.78, 5) is 31.6. The minimum Gasteiger partial charge on any atom is -0.355 e. The van der Waals surface area contributed by atoms with Crippen LogP contribution in [0.25, 0.3) is 0 Å². The van der Waals surface area contributed by atoms with Crippen LogP contribution in [-0.4, -0.2) is 78.9 Å². The van der Waals surface area contributed by atoms with E-state index in [9.17, 15) is 9.59 Å². The second-order valence-electron chi connectivity index (χ2n) is 9.49. The molecule has 2 fully saturated rings. The summed E-state index contributed by atoms with van der Waals surface area (Å²) in [6, 6.07) is 2.18. The van der Waals surface area contributed by atoms with Crippen LogP contribution in [0.4, 0.5) is 0 Å². The molecular formula is C22H36N4O2S. The zero-order valence-electron chi connectivity index (χ0n) is 18.2. The van der Waals surface area contributed by atoms with Crippen molar-refractivity contribution in [2.45, 2.75) is 40.2 Å². The number of nitrogens with one attached hydrogen (secondary N) is 1. The Hall–Kier alpha value is -1.44. The van der Waals surface area contributed by atoms with Gasteiger partial charge in [0.25, 0.3) is 0 Å². The Morgan fingerprint density at radius 2 is 1.90 bits per heavy atom. The molecule has 1 unspecified atom stereocenters. The molecule has 3 heterocycles. The smallest absolute Gasteiger partial charge is 0.236 e. The summed E-state index contributed by atoms with van der Waals surface area (Å²) in [5.41, 5.74) is 1.02. The van der Waals surface area contributed by atoms with Gasteiger partial charge in [-0.1, -0.05) is 20.8 Å². The van der Waals surface area contributed by atoms with Crippen molar-refractivity contribution < 1.29 is 9.59 Å². The van der Waals surface area contributed by atoms with E-state index < -0.39 is 0 Å². The number of carbonyl (C=O) groups excluding carboxylic acids is 2. The molecule has 1 atom stereocenters. The SMILES string of the molecule is CC(C)(C)C(=O)NCC1CCCN(CC(=O)N2CCN(Cc3ccsc3)CC2)C1. The molecule has 0 aliphatic carbocycles.